The molecule has 1 heterocycles. The van der Waals surface area contributed by atoms with Gasteiger partial charge >= 0.3 is 0 Å². The van der Waals surface area contributed by atoms with Crippen molar-refractivity contribution in [2.45, 2.75) is 38.5 Å². The van der Waals surface area contributed by atoms with Crippen molar-refractivity contribution < 1.29 is 0 Å². The first kappa shape index (κ1) is 11.6. The van der Waals surface area contributed by atoms with E-state index in [1.54, 1.807) is 0 Å². The summed E-state index contributed by atoms with van der Waals surface area (Å²) in [5.74, 6) is 0.948. The highest BCUT2D eigenvalue weighted by molar-refractivity contribution is 5.81. The minimum atomic E-state index is 0.948. The number of H-pyrrole nitrogens is 1. The van der Waals surface area contributed by atoms with Crippen LogP contribution in [0.2, 0.25) is 0 Å². The fraction of sp³-hybridized carbons (Fsp3) is 0.533. The maximum absolute atomic E-state index is 4.04. The standard InChI is InChI=1S/C15H21N3/c1-2-4-12(5-3-1)8-9-16-14-6-7-15-13(10-14)11-17-18-15/h6-7,10-12,16H,1-5,8-9H2,(H,17,18). The van der Waals surface area contributed by atoms with Crippen LogP contribution in [0, 0.1) is 5.92 Å². The van der Waals surface area contributed by atoms with E-state index in [1.807, 2.05) is 6.20 Å². The molecule has 3 nitrogen and oxygen atoms in total. The lowest BCUT2D eigenvalue weighted by Gasteiger charge is -2.21. The average Bonchev–Trinajstić information content (AvgIpc) is 2.87. The highest BCUT2D eigenvalue weighted by atomic mass is 15.1. The van der Waals surface area contributed by atoms with Gasteiger partial charge in [0, 0.05) is 17.6 Å². The van der Waals surface area contributed by atoms with Crippen molar-refractivity contribution in [1.29, 1.82) is 0 Å². The quantitative estimate of drug-likeness (QED) is 0.853. The lowest BCUT2D eigenvalue weighted by atomic mass is 9.87. The van der Waals surface area contributed by atoms with E-state index in [0.29, 0.717) is 0 Å². The van der Waals surface area contributed by atoms with Crippen molar-refractivity contribution in [2.75, 3.05) is 11.9 Å². The molecule has 2 aromatic rings. The van der Waals surface area contributed by atoms with Gasteiger partial charge in [-0.05, 0) is 30.5 Å². The fourth-order valence-corrected chi connectivity index (χ4v) is 2.95. The molecule has 0 spiro atoms. The van der Waals surface area contributed by atoms with Gasteiger partial charge < -0.3 is 5.32 Å². The second kappa shape index (κ2) is 5.42. The predicted molar refractivity (Wildman–Crippen MR) is 75.8 cm³/mol. The second-order valence-electron chi connectivity index (χ2n) is 5.39. The summed E-state index contributed by atoms with van der Waals surface area (Å²) in [5, 5.41) is 11.7. The van der Waals surface area contributed by atoms with Gasteiger partial charge in [-0.2, -0.15) is 5.10 Å². The molecular weight excluding hydrogens is 222 g/mol. The zero-order valence-corrected chi connectivity index (χ0v) is 10.8. The zero-order valence-electron chi connectivity index (χ0n) is 10.8. The molecule has 0 bridgehead atoms. The molecule has 1 aliphatic rings. The third-order valence-corrected chi connectivity index (χ3v) is 4.05. The van der Waals surface area contributed by atoms with Gasteiger partial charge in [0.2, 0.25) is 0 Å². The monoisotopic (exact) mass is 243 g/mol. The highest BCUT2D eigenvalue weighted by Crippen LogP contribution is 2.26. The van der Waals surface area contributed by atoms with E-state index in [1.165, 1.54) is 49.6 Å². The fourth-order valence-electron chi connectivity index (χ4n) is 2.95. The van der Waals surface area contributed by atoms with Crippen molar-refractivity contribution in [2.24, 2.45) is 5.92 Å². The maximum Gasteiger partial charge on any atom is 0.0651 e. The minimum Gasteiger partial charge on any atom is -0.385 e. The Morgan fingerprint density at radius 2 is 2.11 bits per heavy atom. The molecule has 1 aromatic heterocycles. The molecule has 0 unspecified atom stereocenters. The van der Waals surface area contributed by atoms with Gasteiger partial charge in [0.1, 0.15) is 0 Å². The van der Waals surface area contributed by atoms with Crippen LogP contribution in [0.25, 0.3) is 10.9 Å². The summed E-state index contributed by atoms with van der Waals surface area (Å²) >= 11 is 0. The predicted octanol–water partition coefficient (Wildman–Crippen LogP) is 3.95. The number of aromatic amines is 1. The van der Waals surface area contributed by atoms with E-state index < -0.39 is 0 Å². The number of nitrogens with zero attached hydrogens (tertiary/aromatic N) is 1. The first-order valence-electron chi connectivity index (χ1n) is 7.09. The molecule has 3 heteroatoms. The van der Waals surface area contributed by atoms with Crippen molar-refractivity contribution in [3.8, 4) is 0 Å². The Kier molecular flexibility index (Phi) is 3.49. The van der Waals surface area contributed by atoms with Crippen LogP contribution in [-0.2, 0) is 0 Å². The number of fused-ring (bicyclic) bond motifs is 1. The van der Waals surface area contributed by atoms with Crippen LogP contribution >= 0.6 is 0 Å². The van der Waals surface area contributed by atoms with Crippen LogP contribution in [-0.4, -0.2) is 16.7 Å². The smallest absolute Gasteiger partial charge is 0.0651 e. The molecule has 0 radical (unpaired) electrons. The first-order chi connectivity index (χ1) is 8.92. The number of anilines is 1. The Hall–Kier alpha value is -1.51. The van der Waals surface area contributed by atoms with Gasteiger partial charge in [-0.15, -0.1) is 0 Å². The van der Waals surface area contributed by atoms with Crippen molar-refractivity contribution >= 4 is 16.6 Å². The molecular formula is C15H21N3. The third-order valence-electron chi connectivity index (χ3n) is 4.05. The molecule has 0 saturated heterocycles. The number of benzene rings is 1. The number of rotatable bonds is 4. The number of hydrogen-bond donors (Lipinski definition) is 2. The normalized spacial score (nSPS) is 17.1. The minimum absolute atomic E-state index is 0.948. The van der Waals surface area contributed by atoms with Crippen LogP contribution in [0.15, 0.2) is 24.4 Å². The summed E-state index contributed by atoms with van der Waals surface area (Å²) in [7, 11) is 0. The van der Waals surface area contributed by atoms with Crippen LogP contribution in [0.3, 0.4) is 0 Å². The molecule has 1 fully saturated rings. The lowest BCUT2D eigenvalue weighted by Crippen LogP contribution is -2.12. The van der Waals surface area contributed by atoms with Crippen molar-refractivity contribution in [1.82, 2.24) is 10.2 Å². The maximum atomic E-state index is 4.04. The summed E-state index contributed by atoms with van der Waals surface area (Å²) in [6, 6.07) is 6.38. The Morgan fingerprint density at radius 3 is 3.00 bits per heavy atom. The Morgan fingerprint density at radius 1 is 1.22 bits per heavy atom. The molecule has 1 aromatic carbocycles. The molecule has 1 aliphatic carbocycles. The summed E-state index contributed by atoms with van der Waals surface area (Å²) < 4.78 is 0. The Labute approximate surface area is 108 Å². The summed E-state index contributed by atoms with van der Waals surface area (Å²) in [6.45, 7) is 1.09. The third kappa shape index (κ3) is 2.66. The van der Waals surface area contributed by atoms with E-state index in [4.69, 9.17) is 0 Å². The molecule has 0 atom stereocenters. The summed E-state index contributed by atoms with van der Waals surface area (Å²) in [6.07, 6.45) is 10.4. The molecule has 96 valence electrons. The van der Waals surface area contributed by atoms with E-state index in [9.17, 15) is 0 Å². The van der Waals surface area contributed by atoms with E-state index in [0.717, 1.165) is 18.0 Å². The Balaban J connectivity index is 1.52. The molecule has 0 aliphatic heterocycles. The first-order valence-corrected chi connectivity index (χ1v) is 7.09. The van der Waals surface area contributed by atoms with Crippen LogP contribution < -0.4 is 5.32 Å². The number of hydrogen-bond acceptors (Lipinski definition) is 2. The van der Waals surface area contributed by atoms with Crippen LogP contribution in [0.1, 0.15) is 38.5 Å². The SMILES string of the molecule is c1cc2[nH]ncc2cc1NCCC1CCCCC1. The van der Waals surface area contributed by atoms with Gasteiger partial charge in [0.15, 0.2) is 0 Å². The van der Waals surface area contributed by atoms with E-state index in [-0.39, 0.29) is 0 Å². The van der Waals surface area contributed by atoms with Crippen molar-refractivity contribution in [3.05, 3.63) is 24.4 Å². The van der Waals surface area contributed by atoms with E-state index in [2.05, 4.69) is 33.7 Å². The van der Waals surface area contributed by atoms with Gasteiger partial charge in [0.05, 0.1) is 11.7 Å². The molecule has 2 N–H and O–H groups in total. The molecule has 18 heavy (non-hydrogen) atoms. The van der Waals surface area contributed by atoms with Gasteiger partial charge in [-0.1, -0.05) is 32.1 Å². The number of aromatic nitrogens is 2. The van der Waals surface area contributed by atoms with Gasteiger partial charge in [-0.25, -0.2) is 0 Å². The average molecular weight is 243 g/mol. The second-order valence-corrected chi connectivity index (χ2v) is 5.39. The van der Waals surface area contributed by atoms with E-state index >= 15 is 0 Å². The zero-order chi connectivity index (χ0) is 12.2. The van der Waals surface area contributed by atoms with Gasteiger partial charge in [-0.3, -0.25) is 5.10 Å². The Bertz CT molecular complexity index is 497. The number of nitrogens with one attached hydrogen (secondary N) is 2. The lowest BCUT2D eigenvalue weighted by molar-refractivity contribution is 0.345. The molecule has 0 amide bonds. The molecule has 3 rings (SSSR count). The van der Waals surface area contributed by atoms with Crippen molar-refractivity contribution in [3.63, 3.8) is 0 Å². The van der Waals surface area contributed by atoms with Crippen LogP contribution in [0.4, 0.5) is 5.69 Å². The topological polar surface area (TPSA) is 40.7 Å². The van der Waals surface area contributed by atoms with Gasteiger partial charge in [0.25, 0.3) is 0 Å². The van der Waals surface area contributed by atoms with Crippen LogP contribution in [0.5, 0.6) is 0 Å². The summed E-state index contributed by atoms with van der Waals surface area (Å²) in [5.41, 5.74) is 2.31. The highest BCUT2D eigenvalue weighted by Gasteiger charge is 2.12. The molecule has 1 saturated carbocycles. The summed E-state index contributed by atoms with van der Waals surface area (Å²) in [4.78, 5) is 0. The largest absolute Gasteiger partial charge is 0.385 e.